The summed E-state index contributed by atoms with van der Waals surface area (Å²) in [5, 5.41) is 13.3. The van der Waals surface area contributed by atoms with Crippen molar-refractivity contribution in [3.63, 3.8) is 0 Å². The molecule has 9 nitrogen and oxygen atoms in total. The van der Waals surface area contributed by atoms with E-state index in [1.807, 2.05) is 11.0 Å². The average Bonchev–Trinajstić information content (AvgIpc) is 3.38. The Morgan fingerprint density at radius 2 is 2.09 bits per heavy atom. The fourth-order valence-electron chi connectivity index (χ4n) is 4.99. The number of nitrogens with zero attached hydrogens (tertiary/aromatic N) is 3. The van der Waals surface area contributed by atoms with Crippen LogP contribution >= 0.6 is 0 Å². The molecule has 32 heavy (non-hydrogen) atoms. The first kappa shape index (κ1) is 20.6. The lowest BCUT2D eigenvalue weighted by molar-refractivity contribution is 0.0190. The molecule has 3 aliphatic heterocycles. The van der Waals surface area contributed by atoms with E-state index in [-0.39, 0.29) is 34.9 Å². The van der Waals surface area contributed by atoms with E-state index < -0.39 is 0 Å². The first-order chi connectivity index (χ1) is 15.5. The van der Waals surface area contributed by atoms with E-state index in [1.165, 1.54) is 6.20 Å². The fraction of sp³-hybridized carbons (Fsp3) is 0.435. The van der Waals surface area contributed by atoms with Crippen molar-refractivity contribution >= 4 is 17.7 Å². The normalized spacial score (nSPS) is 21.3. The maximum absolute atomic E-state index is 13.5. The van der Waals surface area contributed by atoms with E-state index in [2.05, 4.69) is 20.8 Å². The third-order valence-electron chi connectivity index (χ3n) is 6.77. The van der Waals surface area contributed by atoms with Gasteiger partial charge in [-0.1, -0.05) is 6.07 Å². The number of carbonyl (C=O) groups excluding carboxylic acids is 3. The number of carbonyl (C=O) groups is 3. The summed E-state index contributed by atoms with van der Waals surface area (Å²) in [6, 6.07) is 8.42. The third-order valence-corrected chi connectivity index (χ3v) is 6.77. The van der Waals surface area contributed by atoms with Crippen molar-refractivity contribution in [2.24, 2.45) is 5.41 Å². The van der Waals surface area contributed by atoms with Gasteiger partial charge in [0.15, 0.2) is 5.69 Å². The number of aromatic nitrogens is 2. The smallest absolute Gasteiger partial charge is 0.271 e. The molecule has 2 aromatic rings. The molecule has 2 N–H and O–H groups in total. The zero-order valence-corrected chi connectivity index (χ0v) is 17.7. The van der Waals surface area contributed by atoms with Gasteiger partial charge in [0, 0.05) is 56.2 Å². The average molecular weight is 435 g/mol. The van der Waals surface area contributed by atoms with E-state index in [1.54, 1.807) is 24.3 Å². The largest absolute Gasteiger partial charge is 0.381 e. The topological polar surface area (TPSA) is 114 Å². The van der Waals surface area contributed by atoms with Crippen molar-refractivity contribution in [1.82, 2.24) is 25.7 Å². The molecule has 3 amide bonds. The molecule has 1 aromatic heterocycles. The number of amides is 3. The first-order valence-electron chi connectivity index (χ1n) is 10.9. The van der Waals surface area contributed by atoms with E-state index in [0.717, 1.165) is 24.8 Å². The second-order valence-electron chi connectivity index (χ2n) is 8.78. The van der Waals surface area contributed by atoms with Crippen LogP contribution in [0.1, 0.15) is 56.0 Å². The number of ether oxygens (including phenoxy) is 1. The van der Waals surface area contributed by atoms with Crippen molar-refractivity contribution < 1.29 is 19.1 Å². The minimum atomic E-state index is -0.312. The zero-order valence-electron chi connectivity index (χ0n) is 17.7. The van der Waals surface area contributed by atoms with Gasteiger partial charge in [0.05, 0.1) is 0 Å². The Hall–Kier alpha value is -3.33. The predicted octanol–water partition coefficient (Wildman–Crippen LogP) is 1.16. The van der Waals surface area contributed by atoms with Gasteiger partial charge in [-0.05, 0) is 54.5 Å². The number of fused-ring (bicyclic) bond motifs is 1. The Balaban J connectivity index is 1.36. The summed E-state index contributed by atoms with van der Waals surface area (Å²) < 4.78 is 5.56. The zero-order chi connectivity index (χ0) is 22.1. The van der Waals surface area contributed by atoms with E-state index in [4.69, 9.17) is 4.74 Å². The standard InChI is InChI=1S/C23H25N5O4/c29-20-18-10-15(3-4-16(18)12-24-20)22(31)28-14-23(5-8-32-9-6-23)11-17(28)13-25-21(30)19-2-1-7-26-27-19/h1-4,7,10,17H,5-6,8-9,11-14H2,(H,24,29)(H,25,30). The minimum Gasteiger partial charge on any atom is -0.381 e. The Kier molecular flexibility index (Phi) is 5.34. The SMILES string of the molecule is O=C(NCC1CC2(CCOCC2)CN1C(=O)c1ccc2c(c1)C(=O)NC2)c1cccnn1. The number of nitrogens with one attached hydrogen (secondary N) is 2. The summed E-state index contributed by atoms with van der Waals surface area (Å²) in [5.41, 5.74) is 2.19. The molecule has 2 saturated heterocycles. The molecule has 9 heteroatoms. The fourth-order valence-corrected chi connectivity index (χ4v) is 4.99. The first-order valence-corrected chi connectivity index (χ1v) is 10.9. The predicted molar refractivity (Wildman–Crippen MR) is 114 cm³/mol. The van der Waals surface area contributed by atoms with Gasteiger partial charge in [0.1, 0.15) is 0 Å². The molecule has 0 radical (unpaired) electrons. The highest BCUT2D eigenvalue weighted by atomic mass is 16.5. The van der Waals surface area contributed by atoms with Crippen LogP contribution in [-0.4, -0.2) is 65.2 Å². The second kappa shape index (κ2) is 8.31. The van der Waals surface area contributed by atoms with Gasteiger partial charge >= 0.3 is 0 Å². The molecule has 1 atom stereocenters. The summed E-state index contributed by atoms with van der Waals surface area (Å²) in [6.45, 7) is 2.80. The van der Waals surface area contributed by atoms with Crippen molar-refractivity contribution in [1.29, 1.82) is 0 Å². The Bertz CT molecular complexity index is 1050. The van der Waals surface area contributed by atoms with E-state index in [0.29, 0.717) is 44.0 Å². The lowest BCUT2D eigenvalue weighted by Crippen LogP contribution is -2.43. The highest BCUT2D eigenvalue weighted by Crippen LogP contribution is 2.43. The van der Waals surface area contributed by atoms with Crippen LogP contribution in [0.5, 0.6) is 0 Å². The van der Waals surface area contributed by atoms with Crippen LogP contribution < -0.4 is 10.6 Å². The molecule has 1 spiro atoms. The maximum atomic E-state index is 13.5. The molecular formula is C23H25N5O4. The quantitative estimate of drug-likeness (QED) is 0.745. The van der Waals surface area contributed by atoms with E-state index in [9.17, 15) is 14.4 Å². The van der Waals surface area contributed by atoms with Crippen LogP contribution in [0, 0.1) is 5.41 Å². The summed E-state index contributed by atoms with van der Waals surface area (Å²) in [5.74, 6) is -0.577. The summed E-state index contributed by atoms with van der Waals surface area (Å²) in [4.78, 5) is 40.0. The van der Waals surface area contributed by atoms with Crippen LogP contribution in [0.3, 0.4) is 0 Å². The molecule has 166 valence electrons. The Labute approximate surface area is 185 Å². The molecule has 1 aromatic carbocycles. The Morgan fingerprint density at radius 3 is 2.88 bits per heavy atom. The molecule has 0 saturated carbocycles. The van der Waals surface area contributed by atoms with Crippen molar-refractivity contribution in [3.05, 3.63) is 58.9 Å². The molecular weight excluding hydrogens is 410 g/mol. The van der Waals surface area contributed by atoms with Crippen LogP contribution in [0.25, 0.3) is 0 Å². The summed E-state index contributed by atoms with van der Waals surface area (Å²) >= 11 is 0. The lowest BCUT2D eigenvalue weighted by Gasteiger charge is -2.33. The van der Waals surface area contributed by atoms with Gasteiger partial charge in [-0.15, -0.1) is 5.10 Å². The monoisotopic (exact) mass is 435 g/mol. The van der Waals surface area contributed by atoms with E-state index >= 15 is 0 Å². The van der Waals surface area contributed by atoms with Gasteiger partial charge in [-0.2, -0.15) is 5.10 Å². The number of hydrogen-bond donors (Lipinski definition) is 2. The molecule has 1 unspecified atom stereocenters. The summed E-state index contributed by atoms with van der Waals surface area (Å²) in [7, 11) is 0. The molecule has 2 fully saturated rings. The molecule has 5 rings (SSSR count). The lowest BCUT2D eigenvalue weighted by atomic mass is 9.78. The van der Waals surface area contributed by atoms with Gasteiger partial charge in [-0.25, -0.2) is 0 Å². The summed E-state index contributed by atoms with van der Waals surface area (Å²) in [6.07, 6.45) is 4.09. The Morgan fingerprint density at radius 1 is 1.25 bits per heavy atom. The van der Waals surface area contributed by atoms with Crippen molar-refractivity contribution in [2.75, 3.05) is 26.3 Å². The van der Waals surface area contributed by atoms with Gasteiger partial charge in [0.2, 0.25) is 0 Å². The van der Waals surface area contributed by atoms with Gasteiger partial charge in [0.25, 0.3) is 17.7 Å². The highest BCUT2D eigenvalue weighted by Gasteiger charge is 2.46. The number of likely N-dealkylation sites (tertiary alicyclic amines) is 1. The van der Waals surface area contributed by atoms with Crippen molar-refractivity contribution in [3.8, 4) is 0 Å². The molecule has 4 heterocycles. The number of rotatable bonds is 4. The molecule has 0 bridgehead atoms. The van der Waals surface area contributed by atoms with Crippen LogP contribution in [-0.2, 0) is 11.3 Å². The van der Waals surface area contributed by atoms with Crippen molar-refractivity contribution in [2.45, 2.75) is 31.8 Å². The van der Waals surface area contributed by atoms with Crippen LogP contribution in [0.2, 0.25) is 0 Å². The maximum Gasteiger partial charge on any atom is 0.271 e. The second-order valence-corrected chi connectivity index (χ2v) is 8.78. The number of hydrogen-bond acceptors (Lipinski definition) is 6. The highest BCUT2D eigenvalue weighted by molar-refractivity contribution is 6.02. The van der Waals surface area contributed by atoms with Crippen LogP contribution in [0.4, 0.5) is 0 Å². The molecule has 3 aliphatic rings. The van der Waals surface area contributed by atoms with Crippen LogP contribution in [0.15, 0.2) is 36.5 Å². The molecule has 0 aliphatic carbocycles. The van der Waals surface area contributed by atoms with Gasteiger partial charge < -0.3 is 20.3 Å². The van der Waals surface area contributed by atoms with Gasteiger partial charge in [-0.3, -0.25) is 14.4 Å². The third kappa shape index (κ3) is 3.84. The number of benzene rings is 1. The minimum absolute atomic E-state index is 0.00996.